The molecule has 2 atom stereocenters. The minimum absolute atomic E-state index is 0.476. The van der Waals surface area contributed by atoms with Crippen molar-refractivity contribution in [2.45, 2.75) is 84.3 Å². The van der Waals surface area contributed by atoms with E-state index >= 15 is 0 Å². The summed E-state index contributed by atoms with van der Waals surface area (Å²) in [6.07, 6.45) is 11.4. The lowest BCUT2D eigenvalue weighted by Gasteiger charge is -2.56. The average Bonchev–Trinajstić information content (AvgIpc) is 2.64. The highest BCUT2D eigenvalue weighted by atomic mass is 16.5. The van der Waals surface area contributed by atoms with Crippen molar-refractivity contribution in [2.24, 2.45) is 11.3 Å². The highest BCUT2D eigenvalue weighted by Gasteiger charge is 2.54. The number of nitrogens with one attached hydrogen (secondary N) is 1. The maximum atomic E-state index is 6.27. The Morgan fingerprint density at radius 3 is 2.42 bits per heavy atom. The maximum absolute atomic E-state index is 6.27. The topological polar surface area (TPSA) is 21.3 Å². The predicted molar refractivity (Wildman–Crippen MR) is 81.4 cm³/mol. The van der Waals surface area contributed by atoms with Crippen molar-refractivity contribution >= 4 is 0 Å². The molecule has 2 unspecified atom stereocenters. The largest absolute Gasteiger partial charge is 0.378 e. The molecule has 2 aliphatic carbocycles. The van der Waals surface area contributed by atoms with E-state index in [1.54, 1.807) is 0 Å². The molecule has 0 aromatic rings. The summed E-state index contributed by atoms with van der Waals surface area (Å²) in [5.41, 5.74) is 0.476. The number of hydrogen-bond acceptors (Lipinski definition) is 2. The summed E-state index contributed by atoms with van der Waals surface area (Å²) >= 11 is 0. The third-order valence-electron chi connectivity index (χ3n) is 5.28. The molecule has 2 heteroatoms. The minimum Gasteiger partial charge on any atom is -0.378 e. The van der Waals surface area contributed by atoms with Gasteiger partial charge in [0.25, 0.3) is 0 Å². The normalized spacial score (nSPS) is 30.3. The van der Waals surface area contributed by atoms with Crippen LogP contribution < -0.4 is 5.32 Å². The van der Waals surface area contributed by atoms with Gasteiger partial charge in [0, 0.05) is 18.1 Å². The first kappa shape index (κ1) is 15.3. The van der Waals surface area contributed by atoms with Gasteiger partial charge in [-0.3, -0.25) is 0 Å². The van der Waals surface area contributed by atoms with Crippen molar-refractivity contribution < 1.29 is 4.74 Å². The van der Waals surface area contributed by atoms with E-state index in [1.807, 2.05) is 0 Å². The van der Waals surface area contributed by atoms with Crippen LogP contribution in [0.25, 0.3) is 0 Å². The second-order valence-corrected chi connectivity index (χ2v) is 7.04. The summed E-state index contributed by atoms with van der Waals surface area (Å²) in [4.78, 5) is 0. The van der Waals surface area contributed by atoms with Crippen LogP contribution in [0.15, 0.2) is 0 Å². The zero-order chi connectivity index (χ0) is 13.7. The standard InChI is InChI=1S/C17H33NO/c1-4-18-15-13-16(19-12-9-14(2)3)17(15)10-7-5-6-8-11-17/h14-16,18H,4-13H2,1-3H3. The Bertz CT molecular complexity index is 256. The van der Waals surface area contributed by atoms with Gasteiger partial charge >= 0.3 is 0 Å². The van der Waals surface area contributed by atoms with E-state index in [2.05, 4.69) is 26.1 Å². The Morgan fingerprint density at radius 2 is 1.84 bits per heavy atom. The van der Waals surface area contributed by atoms with Crippen LogP contribution in [0.2, 0.25) is 0 Å². The molecular weight excluding hydrogens is 234 g/mol. The Balaban J connectivity index is 1.91. The molecule has 112 valence electrons. The molecule has 0 aliphatic heterocycles. The van der Waals surface area contributed by atoms with E-state index in [0.29, 0.717) is 11.5 Å². The smallest absolute Gasteiger partial charge is 0.0661 e. The zero-order valence-electron chi connectivity index (χ0n) is 13.2. The highest BCUT2D eigenvalue weighted by molar-refractivity contribution is 5.08. The molecule has 0 heterocycles. The van der Waals surface area contributed by atoms with Gasteiger partial charge in [-0.05, 0) is 38.1 Å². The maximum Gasteiger partial charge on any atom is 0.0661 e. The van der Waals surface area contributed by atoms with E-state index in [0.717, 1.165) is 25.1 Å². The van der Waals surface area contributed by atoms with E-state index in [9.17, 15) is 0 Å². The lowest BCUT2D eigenvalue weighted by atomic mass is 9.57. The van der Waals surface area contributed by atoms with Gasteiger partial charge in [-0.15, -0.1) is 0 Å². The summed E-state index contributed by atoms with van der Waals surface area (Å²) in [6.45, 7) is 8.87. The van der Waals surface area contributed by atoms with E-state index < -0.39 is 0 Å². The SMILES string of the molecule is CCNC1CC(OCCC(C)C)C12CCCCCC2. The van der Waals surface area contributed by atoms with Crippen LogP contribution in [0.5, 0.6) is 0 Å². The first-order chi connectivity index (χ1) is 9.19. The molecule has 19 heavy (non-hydrogen) atoms. The first-order valence-corrected chi connectivity index (χ1v) is 8.54. The predicted octanol–water partition coefficient (Wildman–Crippen LogP) is 4.14. The molecule has 0 radical (unpaired) electrons. The Kier molecular flexibility index (Phi) is 5.70. The van der Waals surface area contributed by atoms with Crippen molar-refractivity contribution in [1.82, 2.24) is 5.32 Å². The fourth-order valence-corrected chi connectivity index (χ4v) is 4.02. The Labute approximate surface area is 119 Å². The van der Waals surface area contributed by atoms with Gasteiger partial charge in [-0.1, -0.05) is 46.5 Å². The third kappa shape index (κ3) is 3.52. The van der Waals surface area contributed by atoms with Gasteiger partial charge < -0.3 is 10.1 Å². The quantitative estimate of drug-likeness (QED) is 0.781. The fourth-order valence-electron chi connectivity index (χ4n) is 4.02. The van der Waals surface area contributed by atoms with Crippen LogP contribution in [0.3, 0.4) is 0 Å². The van der Waals surface area contributed by atoms with Gasteiger partial charge in [-0.2, -0.15) is 0 Å². The second kappa shape index (κ2) is 7.08. The molecular formula is C17H33NO. The molecule has 0 amide bonds. The van der Waals surface area contributed by atoms with Gasteiger partial charge in [0.05, 0.1) is 6.10 Å². The molecule has 2 aliphatic rings. The van der Waals surface area contributed by atoms with Gasteiger partial charge in [0.1, 0.15) is 0 Å². The van der Waals surface area contributed by atoms with E-state index in [4.69, 9.17) is 4.74 Å². The summed E-state index contributed by atoms with van der Waals surface area (Å²) in [5.74, 6) is 0.759. The molecule has 0 aromatic carbocycles. The summed E-state index contributed by atoms with van der Waals surface area (Å²) in [6, 6.07) is 0.722. The van der Waals surface area contributed by atoms with Crippen LogP contribution in [0.4, 0.5) is 0 Å². The van der Waals surface area contributed by atoms with Crippen molar-refractivity contribution in [1.29, 1.82) is 0 Å². The van der Waals surface area contributed by atoms with Crippen LogP contribution in [0, 0.1) is 11.3 Å². The molecule has 2 fully saturated rings. The Morgan fingerprint density at radius 1 is 1.16 bits per heavy atom. The van der Waals surface area contributed by atoms with Crippen LogP contribution in [0.1, 0.15) is 72.1 Å². The van der Waals surface area contributed by atoms with Crippen molar-refractivity contribution in [3.05, 3.63) is 0 Å². The lowest BCUT2D eigenvalue weighted by molar-refractivity contribution is -0.145. The number of rotatable bonds is 6. The average molecular weight is 267 g/mol. The minimum atomic E-state index is 0.476. The lowest BCUT2D eigenvalue weighted by Crippen LogP contribution is -2.63. The third-order valence-corrected chi connectivity index (χ3v) is 5.28. The summed E-state index contributed by atoms with van der Waals surface area (Å²) < 4.78 is 6.27. The van der Waals surface area contributed by atoms with E-state index in [-0.39, 0.29) is 0 Å². The summed E-state index contributed by atoms with van der Waals surface area (Å²) in [7, 11) is 0. The highest BCUT2D eigenvalue weighted by Crippen LogP contribution is 2.52. The van der Waals surface area contributed by atoms with Gasteiger partial charge in [0.15, 0.2) is 0 Å². The van der Waals surface area contributed by atoms with Crippen LogP contribution in [-0.4, -0.2) is 25.3 Å². The van der Waals surface area contributed by atoms with Crippen molar-refractivity contribution in [2.75, 3.05) is 13.2 Å². The first-order valence-electron chi connectivity index (χ1n) is 8.54. The van der Waals surface area contributed by atoms with Gasteiger partial charge in [0.2, 0.25) is 0 Å². The number of ether oxygens (including phenoxy) is 1. The molecule has 1 spiro atoms. The van der Waals surface area contributed by atoms with E-state index in [1.165, 1.54) is 51.4 Å². The Hall–Kier alpha value is -0.0800. The zero-order valence-corrected chi connectivity index (χ0v) is 13.2. The molecule has 2 nitrogen and oxygen atoms in total. The van der Waals surface area contributed by atoms with Gasteiger partial charge in [-0.25, -0.2) is 0 Å². The van der Waals surface area contributed by atoms with Crippen molar-refractivity contribution in [3.8, 4) is 0 Å². The van der Waals surface area contributed by atoms with Crippen molar-refractivity contribution in [3.63, 3.8) is 0 Å². The van der Waals surface area contributed by atoms with Crippen LogP contribution >= 0.6 is 0 Å². The molecule has 2 saturated carbocycles. The molecule has 1 N–H and O–H groups in total. The fraction of sp³-hybridized carbons (Fsp3) is 1.00. The number of hydrogen-bond donors (Lipinski definition) is 1. The molecule has 0 aromatic heterocycles. The monoisotopic (exact) mass is 267 g/mol. The summed E-state index contributed by atoms with van der Waals surface area (Å²) in [5, 5.41) is 3.72. The second-order valence-electron chi connectivity index (χ2n) is 7.04. The molecule has 0 bridgehead atoms. The molecule has 0 saturated heterocycles. The van der Waals surface area contributed by atoms with Crippen LogP contribution in [-0.2, 0) is 4.74 Å². The molecule has 2 rings (SSSR count).